The summed E-state index contributed by atoms with van der Waals surface area (Å²) in [7, 11) is -7.21. The number of primary sulfonamides is 1. The fourth-order valence-corrected chi connectivity index (χ4v) is 4.03. The van der Waals surface area contributed by atoms with Gasteiger partial charge in [0, 0.05) is 13.0 Å². The molecule has 7 nitrogen and oxygen atoms in total. The fourth-order valence-electron chi connectivity index (χ4n) is 2.25. The molecule has 1 amide bonds. The Morgan fingerprint density at radius 3 is 2.08 bits per heavy atom. The molecule has 2 aromatic rings. The van der Waals surface area contributed by atoms with Crippen molar-refractivity contribution in [2.24, 2.45) is 5.14 Å². The van der Waals surface area contributed by atoms with Crippen molar-refractivity contribution in [3.63, 3.8) is 0 Å². The standard InChI is InChI=1S/C17H20N2O5S2/c18-26(23,24)16-8-6-14(7-9-16)10-12-19-17(20)11-13-25(21,22)15-4-2-1-3-5-15/h1-9H,10-13H2,(H,19,20)(H2,18,23,24). The van der Waals surface area contributed by atoms with Crippen molar-refractivity contribution in [3.05, 3.63) is 60.2 Å². The molecule has 3 N–H and O–H groups in total. The zero-order chi connectivity index (χ0) is 19.2. The third-order valence-electron chi connectivity index (χ3n) is 3.69. The minimum Gasteiger partial charge on any atom is -0.356 e. The van der Waals surface area contributed by atoms with Crippen molar-refractivity contribution in [2.75, 3.05) is 12.3 Å². The average molecular weight is 396 g/mol. The first-order valence-electron chi connectivity index (χ1n) is 7.85. The Morgan fingerprint density at radius 2 is 1.50 bits per heavy atom. The summed E-state index contributed by atoms with van der Waals surface area (Å²) in [5, 5.41) is 7.68. The maximum atomic E-state index is 12.1. The highest BCUT2D eigenvalue weighted by atomic mass is 32.2. The Labute approximate surface area is 153 Å². The molecule has 0 unspecified atom stereocenters. The molecule has 0 atom stereocenters. The number of carbonyl (C=O) groups excluding carboxylic acids is 1. The normalized spacial score (nSPS) is 11.9. The molecule has 9 heteroatoms. The molecule has 0 aliphatic rings. The van der Waals surface area contributed by atoms with Crippen LogP contribution in [0.3, 0.4) is 0 Å². The number of rotatable bonds is 8. The Kier molecular flexibility index (Phi) is 6.52. The van der Waals surface area contributed by atoms with Gasteiger partial charge in [-0.2, -0.15) is 0 Å². The summed E-state index contributed by atoms with van der Waals surface area (Å²) in [5.74, 6) is -0.614. The molecule has 140 valence electrons. The van der Waals surface area contributed by atoms with Crippen molar-refractivity contribution < 1.29 is 21.6 Å². The maximum Gasteiger partial charge on any atom is 0.238 e. The summed E-state index contributed by atoms with van der Waals surface area (Å²) in [4.78, 5) is 12.0. The van der Waals surface area contributed by atoms with E-state index in [9.17, 15) is 21.6 Å². The van der Waals surface area contributed by atoms with Gasteiger partial charge < -0.3 is 5.32 Å². The first kappa shape index (κ1) is 20.1. The van der Waals surface area contributed by atoms with Crippen molar-refractivity contribution in [2.45, 2.75) is 22.6 Å². The Bertz CT molecular complexity index is 954. The minimum absolute atomic E-state index is 0.0244. The molecule has 0 bridgehead atoms. The van der Waals surface area contributed by atoms with Crippen molar-refractivity contribution in [1.82, 2.24) is 5.32 Å². The van der Waals surface area contributed by atoms with Gasteiger partial charge in [0.15, 0.2) is 9.84 Å². The van der Waals surface area contributed by atoms with E-state index in [0.717, 1.165) is 5.56 Å². The van der Waals surface area contributed by atoms with E-state index in [0.29, 0.717) is 13.0 Å². The zero-order valence-corrected chi connectivity index (χ0v) is 15.6. The van der Waals surface area contributed by atoms with Gasteiger partial charge in [-0.05, 0) is 36.2 Å². The lowest BCUT2D eigenvalue weighted by Gasteiger charge is -2.07. The molecule has 0 spiro atoms. The van der Waals surface area contributed by atoms with Crippen molar-refractivity contribution in [1.29, 1.82) is 0 Å². The second kappa shape index (κ2) is 8.43. The molecule has 0 saturated carbocycles. The van der Waals surface area contributed by atoms with Gasteiger partial charge >= 0.3 is 0 Å². The lowest BCUT2D eigenvalue weighted by atomic mass is 10.1. The molecule has 0 aliphatic carbocycles. The summed E-state index contributed by atoms with van der Waals surface area (Å²) in [6.45, 7) is 0.318. The molecule has 0 saturated heterocycles. The summed E-state index contributed by atoms with van der Waals surface area (Å²) in [6.07, 6.45) is 0.365. The van der Waals surface area contributed by atoms with Crippen LogP contribution in [0.4, 0.5) is 0 Å². The van der Waals surface area contributed by atoms with Crippen LogP contribution in [-0.4, -0.2) is 35.0 Å². The summed E-state index contributed by atoms with van der Waals surface area (Å²) in [6, 6.07) is 14.0. The number of sulfone groups is 1. The van der Waals surface area contributed by atoms with Crippen LogP contribution in [0, 0.1) is 0 Å². The second-order valence-electron chi connectivity index (χ2n) is 5.67. The predicted molar refractivity (Wildman–Crippen MR) is 97.6 cm³/mol. The average Bonchev–Trinajstić information content (AvgIpc) is 2.60. The van der Waals surface area contributed by atoms with E-state index in [1.54, 1.807) is 30.3 Å². The topological polar surface area (TPSA) is 123 Å². The van der Waals surface area contributed by atoms with E-state index < -0.39 is 19.9 Å². The third kappa shape index (κ3) is 5.94. The second-order valence-corrected chi connectivity index (χ2v) is 9.34. The van der Waals surface area contributed by atoms with Crippen LogP contribution in [0.25, 0.3) is 0 Å². The highest BCUT2D eigenvalue weighted by Crippen LogP contribution is 2.11. The van der Waals surface area contributed by atoms with Crippen LogP contribution in [0.1, 0.15) is 12.0 Å². The van der Waals surface area contributed by atoms with Crippen molar-refractivity contribution in [3.8, 4) is 0 Å². The van der Waals surface area contributed by atoms with Gasteiger partial charge in [0.2, 0.25) is 15.9 Å². The number of hydrogen-bond donors (Lipinski definition) is 2. The maximum absolute atomic E-state index is 12.1. The first-order chi connectivity index (χ1) is 12.2. The number of nitrogens with one attached hydrogen (secondary N) is 1. The highest BCUT2D eigenvalue weighted by molar-refractivity contribution is 7.91. The van der Waals surface area contributed by atoms with Crippen LogP contribution in [0.2, 0.25) is 0 Å². The van der Waals surface area contributed by atoms with Gasteiger partial charge in [-0.3, -0.25) is 4.79 Å². The van der Waals surface area contributed by atoms with E-state index in [1.807, 2.05) is 0 Å². The van der Waals surface area contributed by atoms with Crippen LogP contribution in [0.15, 0.2) is 64.4 Å². The van der Waals surface area contributed by atoms with E-state index in [1.165, 1.54) is 24.3 Å². The van der Waals surface area contributed by atoms with Crippen LogP contribution in [-0.2, 0) is 31.1 Å². The lowest BCUT2D eigenvalue weighted by Crippen LogP contribution is -2.27. The molecule has 0 fully saturated rings. The first-order valence-corrected chi connectivity index (χ1v) is 11.0. The molecular formula is C17H20N2O5S2. The monoisotopic (exact) mass is 396 g/mol. The number of amides is 1. The van der Waals surface area contributed by atoms with Crippen molar-refractivity contribution >= 4 is 25.8 Å². The van der Waals surface area contributed by atoms with Crippen LogP contribution in [0.5, 0.6) is 0 Å². The fraction of sp³-hybridized carbons (Fsp3) is 0.235. The lowest BCUT2D eigenvalue weighted by molar-refractivity contribution is -0.120. The molecule has 2 aromatic carbocycles. The summed E-state index contributed by atoms with van der Waals surface area (Å²) >= 11 is 0. The van der Waals surface area contributed by atoms with Gasteiger partial charge in [0.25, 0.3) is 0 Å². The number of carbonyl (C=O) groups is 1. The van der Waals surface area contributed by atoms with Crippen LogP contribution >= 0.6 is 0 Å². The van der Waals surface area contributed by atoms with E-state index in [4.69, 9.17) is 5.14 Å². The SMILES string of the molecule is NS(=O)(=O)c1ccc(CCNC(=O)CCS(=O)(=O)c2ccccc2)cc1. The van der Waals surface area contributed by atoms with Gasteiger partial charge in [0.1, 0.15) is 0 Å². The molecular weight excluding hydrogens is 376 g/mol. The van der Waals surface area contributed by atoms with Crippen LogP contribution < -0.4 is 10.5 Å². The summed E-state index contributed by atoms with van der Waals surface area (Å²) in [5.41, 5.74) is 0.828. The highest BCUT2D eigenvalue weighted by Gasteiger charge is 2.15. The Hall–Kier alpha value is -2.23. The molecule has 0 radical (unpaired) electrons. The molecule has 2 rings (SSSR count). The van der Waals surface area contributed by atoms with E-state index in [-0.39, 0.29) is 27.9 Å². The number of sulfonamides is 1. The summed E-state index contributed by atoms with van der Waals surface area (Å²) < 4.78 is 46.6. The smallest absolute Gasteiger partial charge is 0.238 e. The zero-order valence-electron chi connectivity index (χ0n) is 14.0. The molecule has 0 aromatic heterocycles. The number of nitrogens with two attached hydrogens (primary N) is 1. The van der Waals surface area contributed by atoms with E-state index >= 15 is 0 Å². The third-order valence-corrected chi connectivity index (χ3v) is 6.35. The Balaban J connectivity index is 1.79. The number of hydrogen-bond acceptors (Lipinski definition) is 5. The largest absolute Gasteiger partial charge is 0.356 e. The van der Waals surface area contributed by atoms with Gasteiger partial charge in [-0.25, -0.2) is 22.0 Å². The van der Waals surface area contributed by atoms with Gasteiger partial charge in [-0.15, -0.1) is 0 Å². The quantitative estimate of drug-likeness (QED) is 0.685. The molecule has 0 aliphatic heterocycles. The van der Waals surface area contributed by atoms with Gasteiger partial charge in [-0.1, -0.05) is 30.3 Å². The van der Waals surface area contributed by atoms with E-state index in [2.05, 4.69) is 5.32 Å². The minimum atomic E-state index is -3.72. The Morgan fingerprint density at radius 1 is 0.885 bits per heavy atom. The predicted octanol–water partition coefficient (Wildman–Crippen LogP) is 0.857. The molecule has 26 heavy (non-hydrogen) atoms. The number of benzene rings is 2. The van der Waals surface area contributed by atoms with Gasteiger partial charge in [0.05, 0.1) is 15.5 Å². The molecule has 0 heterocycles.